The van der Waals surface area contributed by atoms with Crippen LogP contribution in [-0.4, -0.2) is 12.5 Å². The summed E-state index contributed by atoms with van der Waals surface area (Å²) in [6, 6.07) is 5.96. The summed E-state index contributed by atoms with van der Waals surface area (Å²) in [6.45, 7) is 6.58. The van der Waals surface area contributed by atoms with Gasteiger partial charge in [-0.15, -0.1) is 11.6 Å². The van der Waals surface area contributed by atoms with Crippen LogP contribution >= 0.6 is 27.5 Å². The van der Waals surface area contributed by atoms with Gasteiger partial charge < -0.3 is 4.74 Å². The molecule has 1 nitrogen and oxygen atoms in total. The molecule has 0 heterocycles. The summed E-state index contributed by atoms with van der Waals surface area (Å²) in [4.78, 5) is 0. The third-order valence-electron chi connectivity index (χ3n) is 1.42. The molecular formula is C11H16BrClO. The van der Waals surface area contributed by atoms with Crippen LogP contribution in [0.1, 0.15) is 19.4 Å². The lowest BCUT2D eigenvalue weighted by molar-refractivity contribution is 0.340. The molecule has 1 aromatic rings. The van der Waals surface area contributed by atoms with Gasteiger partial charge in [0, 0.05) is 0 Å². The van der Waals surface area contributed by atoms with Gasteiger partial charge in [-0.05, 0) is 40.5 Å². The van der Waals surface area contributed by atoms with Crippen LogP contribution in [0.3, 0.4) is 0 Å². The van der Waals surface area contributed by atoms with Gasteiger partial charge in [0.05, 0.1) is 10.4 Å². The fourth-order valence-corrected chi connectivity index (χ4v) is 1.56. The van der Waals surface area contributed by atoms with Crippen molar-refractivity contribution in [3.8, 4) is 5.75 Å². The van der Waals surface area contributed by atoms with Crippen LogP contribution in [0.2, 0.25) is 0 Å². The molecule has 1 aromatic carbocycles. The summed E-state index contributed by atoms with van der Waals surface area (Å²) in [5.74, 6) is 1.36. The Balaban J connectivity index is 0.000000791. The molecule has 3 heteroatoms. The van der Waals surface area contributed by atoms with Gasteiger partial charge in [0.2, 0.25) is 0 Å². The first-order chi connectivity index (χ1) is 6.74. The molecule has 0 aliphatic heterocycles. The zero-order valence-corrected chi connectivity index (χ0v) is 11.2. The van der Waals surface area contributed by atoms with E-state index in [-0.39, 0.29) is 0 Å². The Bertz CT molecular complexity index is 263. The molecule has 0 unspecified atom stereocenters. The van der Waals surface area contributed by atoms with E-state index < -0.39 is 0 Å². The maximum atomic E-state index is 5.49. The van der Waals surface area contributed by atoms with Crippen molar-refractivity contribution < 1.29 is 4.74 Å². The zero-order valence-electron chi connectivity index (χ0n) is 8.81. The van der Waals surface area contributed by atoms with E-state index in [1.807, 2.05) is 39.0 Å². The number of rotatable bonds is 3. The zero-order chi connectivity index (χ0) is 11.0. The number of hydrogen-bond donors (Lipinski definition) is 0. The van der Waals surface area contributed by atoms with Crippen molar-refractivity contribution in [1.29, 1.82) is 0 Å². The van der Waals surface area contributed by atoms with Crippen LogP contribution in [-0.2, 0) is 0 Å². The minimum Gasteiger partial charge on any atom is -0.491 e. The molecule has 14 heavy (non-hydrogen) atoms. The summed E-state index contributed by atoms with van der Waals surface area (Å²) in [6.07, 6.45) is 0. The number of aryl methyl sites for hydroxylation is 1. The molecule has 0 aliphatic rings. The Morgan fingerprint density at radius 3 is 2.50 bits per heavy atom. The Morgan fingerprint density at radius 2 is 2.00 bits per heavy atom. The van der Waals surface area contributed by atoms with Gasteiger partial charge in [-0.2, -0.15) is 0 Å². The van der Waals surface area contributed by atoms with E-state index in [4.69, 9.17) is 16.3 Å². The second kappa shape index (κ2) is 8.13. The van der Waals surface area contributed by atoms with E-state index in [1.165, 1.54) is 5.56 Å². The van der Waals surface area contributed by atoms with Gasteiger partial charge in [0.15, 0.2) is 0 Å². The molecule has 0 saturated heterocycles. The van der Waals surface area contributed by atoms with Crippen molar-refractivity contribution in [1.82, 2.24) is 0 Å². The highest BCUT2D eigenvalue weighted by molar-refractivity contribution is 9.10. The SMILES string of the molecule is CC.Cc1ccc(OCCCl)c(Br)c1. The molecule has 0 radical (unpaired) electrons. The van der Waals surface area contributed by atoms with E-state index in [0.717, 1.165) is 10.2 Å². The molecule has 0 N–H and O–H groups in total. The second-order valence-electron chi connectivity index (χ2n) is 2.47. The molecule has 0 bridgehead atoms. The number of halogens is 2. The Hall–Kier alpha value is -0.210. The van der Waals surface area contributed by atoms with Crippen molar-refractivity contribution in [2.75, 3.05) is 12.5 Å². The lowest BCUT2D eigenvalue weighted by atomic mass is 10.2. The fourth-order valence-electron chi connectivity index (χ4n) is 0.871. The van der Waals surface area contributed by atoms with E-state index >= 15 is 0 Å². The summed E-state index contributed by atoms with van der Waals surface area (Å²) in [5, 5.41) is 0. The molecule has 0 atom stereocenters. The second-order valence-corrected chi connectivity index (χ2v) is 3.70. The first kappa shape index (κ1) is 13.8. The van der Waals surface area contributed by atoms with E-state index in [9.17, 15) is 0 Å². The van der Waals surface area contributed by atoms with Crippen molar-refractivity contribution in [3.63, 3.8) is 0 Å². The maximum absolute atomic E-state index is 5.49. The highest BCUT2D eigenvalue weighted by Crippen LogP contribution is 2.25. The first-order valence-corrected chi connectivity index (χ1v) is 6.01. The molecule has 0 aliphatic carbocycles. The summed E-state index contributed by atoms with van der Waals surface area (Å²) in [7, 11) is 0. The van der Waals surface area contributed by atoms with Gasteiger partial charge in [-0.25, -0.2) is 0 Å². The maximum Gasteiger partial charge on any atom is 0.133 e. The Morgan fingerprint density at radius 1 is 1.36 bits per heavy atom. The van der Waals surface area contributed by atoms with Crippen molar-refractivity contribution in [2.45, 2.75) is 20.8 Å². The van der Waals surface area contributed by atoms with Crippen molar-refractivity contribution in [3.05, 3.63) is 28.2 Å². The normalized spacial score (nSPS) is 8.93. The summed E-state index contributed by atoms with van der Waals surface area (Å²) >= 11 is 8.90. The molecule has 0 fully saturated rings. The summed E-state index contributed by atoms with van der Waals surface area (Å²) < 4.78 is 6.34. The number of alkyl halides is 1. The monoisotopic (exact) mass is 278 g/mol. The number of benzene rings is 1. The molecule has 1 rings (SSSR count). The van der Waals surface area contributed by atoms with Gasteiger partial charge >= 0.3 is 0 Å². The van der Waals surface area contributed by atoms with Crippen LogP contribution in [0.25, 0.3) is 0 Å². The minimum absolute atomic E-state index is 0.514. The average molecular weight is 280 g/mol. The lowest BCUT2D eigenvalue weighted by Crippen LogP contribution is -1.98. The predicted octanol–water partition coefficient (Wildman–Crippen LogP) is 4.40. The molecule has 80 valence electrons. The predicted molar refractivity (Wildman–Crippen MR) is 66.4 cm³/mol. The minimum atomic E-state index is 0.514. The quantitative estimate of drug-likeness (QED) is 0.745. The van der Waals surface area contributed by atoms with Crippen molar-refractivity contribution in [2.24, 2.45) is 0 Å². The van der Waals surface area contributed by atoms with Gasteiger partial charge in [0.1, 0.15) is 12.4 Å². The van der Waals surface area contributed by atoms with Crippen LogP contribution in [0.5, 0.6) is 5.75 Å². The fraction of sp³-hybridized carbons (Fsp3) is 0.455. The van der Waals surface area contributed by atoms with Crippen molar-refractivity contribution >= 4 is 27.5 Å². The highest BCUT2D eigenvalue weighted by atomic mass is 79.9. The molecule has 0 saturated carbocycles. The van der Waals surface area contributed by atoms with Crippen LogP contribution in [0.4, 0.5) is 0 Å². The number of hydrogen-bond acceptors (Lipinski definition) is 1. The Kier molecular flexibility index (Phi) is 8.01. The van der Waals surface area contributed by atoms with E-state index in [1.54, 1.807) is 0 Å². The highest BCUT2D eigenvalue weighted by Gasteiger charge is 1.99. The van der Waals surface area contributed by atoms with Gasteiger partial charge in [-0.1, -0.05) is 19.9 Å². The van der Waals surface area contributed by atoms with Gasteiger partial charge in [-0.3, -0.25) is 0 Å². The average Bonchev–Trinajstić information content (AvgIpc) is 2.20. The third kappa shape index (κ3) is 4.87. The van der Waals surface area contributed by atoms with E-state index in [0.29, 0.717) is 12.5 Å². The first-order valence-electron chi connectivity index (χ1n) is 4.69. The molecule has 0 aromatic heterocycles. The molecule has 0 spiro atoms. The number of ether oxygens (including phenoxy) is 1. The van der Waals surface area contributed by atoms with Crippen LogP contribution < -0.4 is 4.74 Å². The van der Waals surface area contributed by atoms with Crippen LogP contribution in [0, 0.1) is 6.92 Å². The molecular weight excluding hydrogens is 263 g/mol. The van der Waals surface area contributed by atoms with Gasteiger partial charge in [0.25, 0.3) is 0 Å². The third-order valence-corrected chi connectivity index (χ3v) is 2.20. The smallest absolute Gasteiger partial charge is 0.133 e. The topological polar surface area (TPSA) is 9.23 Å². The van der Waals surface area contributed by atoms with E-state index in [2.05, 4.69) is 15.9 Å². The Labute approximate surface area is 99.5 Å². The molecule has 0 amide bonds. The van der Waals surface area contributed by atoms with Crippen LogP contribution in [0.15, 0.2) is 22.7 Å². The lowest BCUT2D eigenvalue weighted by Gasteiger charge is -2.06. The summed E-state index contributed by atoms with van der Waals surface area (Å²) in [5.41, 5.74) is 1.21. The largest absolute Gasteiger partial charge is 0.491 e. The standard InChI is InChI=1S/C9H10BrClO.C2H6/c1-7-2-3-9(8(10)6-7)12-5-4-11;1-2/h2-3,6H,4-5H2,1H3;1-2H3.